The van der Waals surface area contributed by atoms with Gasteiger partial charge in [0.25, 0.3) is 0 Å². The Labute approximate surface area is 332 Å². The molecule has 3 heteroatoms. The van der Waals surface area contributed by atoms with Crippen molar-refractivity contribution in [3.05, 3.63) is 157 Å². The Morgan fingerprint density at radius 2 is 0.947 bits per heavy atom. The zero-order chi connectivity index (χ0) is 37.8. The molecule has 0 aliphatic heterocycles. The molecule has 0 N–H and O–H groups in total. The van der Waals surface area contributed by atoms with Crippen molar-refractivity contribution in [1.29, 1.82) is 0 Å². The van der Waals surface area contributed by atoms with Gasteiger partial charge in [-0.25, -0.2) is 0 Å². The fourth-order valence-corrected chi connectivity index (χ4v) is 13.4. The van der Waals surface area contributed by atoms with Crippen molar-refractivity contribution >= 4 is 49.7 Å². The molecule has 0 fully saturated rings. The van der Waals surface area contributed by atoms with E-state index < -0.39 is 0 Å². The fourth-order valence-electron chi connectivity index (χ4n) is 13.4. The second-order valence-corrected chi connectivity index (χ2v) is 19.5. The normalized spacial score (nSPS) is 22.5. The lowest BCUT2D eigenvalue weighted by molar-refractivity contribution is 0.0948. The van der Waals surface area contributed by atoms with Crippen molar-refractivity contribution in [2.45, 2.75) is 101 Å². The van der Waals surface area contributed by atoms with Crippen LogP contribution in [0.1, 0.15) is 152 Å². The van der Waals surface area contributed by atoms with Gasteiger partial charge in [0.15, 0.2) is 11.6 Å². The van der Waals surface area contributed by atoms with Gasteiger partial charge in [0.2, 0.25) is 0 Å². The fraction of sp³-hybridized carbons (Fsp3) is 0.296. The Morgan fingerprint density at radius 1 is 0.509 bits per heavy atom. The molecular weight excluding hydrogens is 695 g/mol. The van der Waals surface area contributed by atoms with E-state index in [1.807, 2.05) is 0 Å². The zero-order valence-corrected chi connectivity index (χ0v) is 32.8. The molecule has 57 heavy (non-hydrogen) atoms. The van der Waals surface area contributed by atoms with Gasteiger partial charge in [0, 0.05) is 56.3 Å². The van der Waals surface area contributed by atoms with E-state index in [2.05, 4.69) is 110 Å². The molecule has 0 radical (unpaired) electrons. The van der Waals surface area contributed by atoms with Crippen molar-refractivity contribution in [3.63, 3.8) is 0 Å². The van der Waals surface area contributed by atoms with Crippen LogP contribution in [0.5, 0.6) is 0 Å². The van der Waals surface area contributed by atoms with Crippen LogP contribution in [0, 0.1) is 0 Å². The number of nitrogens with zero attached hydrogens (tertiary/aromatic N) is 1. The highest BCUT2D eigenvalue weighted by Crippen LogP contribution is 2.57. The van der Waals surface area contributed by atoms with Gasteiger partial charge in [0.05, 0.1) is 16.6 Å². The predicted molar refractivity (Wildman–Crippen MR) is 229 cm³/mol. The van der Waals surface area contributed by atoms with Crippen LogP contribution in [0.25, 0.3) is 49.2 Å². The molecule has 8 aliphatic carbocycles. The average Bonchev–Trinajstić information content (AvgIpc) is 3.57. The largest absolute Gasteiger partial charge is 0.308 e. The Hall–Kier alpha value is -5.54. The molecule has 8 aliphatic rings. The first-order valence-electron chi connectivity index (χ1n) is 21.6. The summed E-state index contributed by atoms with van der Waals surface area (Å²) in [5.74, 6) is 0.813. The number of ketones is 2. The molecule has 8 aromatic rings. The van der Waals surface area contributed by atoms with E-state index in [1.54, 1.807) is 0 Å². The lowest BCUT2D eigenvalue weighted by Gasteiger charge is -2.33. The molecule has 3 nitrogen and oxygen atoms in total. The first-order chi connectivity index (χ1) is 27.7. The van der Waals surface area contributed by atoms with Gasteiger partial charge in [-0.3, -0.25) is 9.59 Å². The van der Waals surface area contributed by atoms with Gasteiger partial charge in [0.1, 0.15) is 0 Å². The summed E-state index contributed by atoms with van der Waals surface area (Å²) in [6, 6.07) is 32.0. The van der Waals surface area contributed by atoms with Crippen molar-refractivity contribution in [3.8, 4) is 11.1 Å². The van der Waals surface area contributed by atoms with E-state index in [1.165, 1.54) is 99.4 Å². The number of aromatic nitrogens is 1. The highest BCUT2D eigenvalue weighted by Gasteiger charge is 2.43. The van der Waals surface area contributed by atoms with E-state index >= 15 is 0 Å². The van der Waals surface area contributed by atoms with Crippen LogP contribution in [0.15, 0.2) is 84.9 Å². The van der Waals surface area contributed by atoms with Gasteiger partial charge in [-0.2, -0.15) is 0 Å². The molecule has 0 saturated heterocycles. The summed E-state index contributed by atoms with van der Waals surface area (Å²) in [5.41, 5.74) is 23.4. The maximum absolute atomic E-state index is 14.8. The van der Waals surface area contributed by atoms with Crippen molar-refractivity contribution in [1.82, 2.24) is 4.40 Å². The third kappa shape index (κ3) is 3.72. The summed E-state index contributed by atoms with van der Waals surface area (Å²) >= 11 is 0. The summed E-state index contributed by atoms with van der Waals surface area (Å²) in [4.78, 5) is 29.5. The number of carbonyl (C=O) groups is 2. The first kappa shape index (κ1) is 31.5. The van der Waals surface area contributed by atoms with Crippen LogP contribution in [-0.4, -0.2) is 16.0 Å². The number of rotatable bonds is 0. The minimum atomic E-state index is -0.0890. The van der Waals surface area contributed by atoms with Crippen LogP contribution in [-0.2, 0) is 31.1 Å². The molecule has 4 atom stereocenters. The van der Waals surface area contributed by atoms with E-state index in [0.29, 0.717) is 0 Å². The van der Waals surface area contributed by atoms with Crippen LogP contribution in [0.2, 0.25) is 0 Å². The highest BCUT2D eigenvalue weighted by atomic mass is 16.1. The lowest BCUT2D eigenvalue weighted by atomic mass is 9.71. The van der Waals surface area contributed by atoms with Crippen molar-refractivity contribution < 1.29 is 9.59 Å². The summed E-state index contributed by atoms with van der Waals surface area (Å²) in [5, 5.41) is 5.31. The Kier molecular flexibility index (Phi) is 5.70. The molecule has 0 saturated carbocycles. The third-order valence-electron chi connectivity index (χ3n) is 15.9. The second-order valence-electron chi connectivity index (χ2n) is 19.5. The summed E-state index contributed by atoms with van der Waals surface area (Å²) in [6.07, 6.45) is 7.92. The lowest BCUT2D eigenvalue weighted by Crippen LogP contribution is -2.18. The van der Waals surface area contributed by atoms with E-state index in [-0.39, 0.29) is 40.7 Å². The van der Waals surface area contributed by atoms with Gasteiger partial charge in [-0.1, -0.05) is 81.4 Å². The Morgan fingerprint density at radius 3 is 1.40 bits per heavy atom. The van der Waals surface area contributed by atoms with Crippen LogP contribution in [0.4, 0.5) is 0 Å². The topological polar surface area (TPSA) is 38.5 Å². The summed E-state index contributed by atoms with van der Waals surface area (Å²) in [6.45, 7) is 7.04. The maximum Gasteiger partial charge on any atom is 0.170 e. The van der Waals surface area contributed by atoms with E-state index in [4.69, 9.17) is 0 Å². The monoisotopic (exact) mass is 737 g/mol. The Bertz CT molecular complexity index is 3040. The molecule has 2 heterocycles. The van der Waals surface area contributed by atoms with E-state index in [9.17, 15) is 9.59 Å². The third-order valence-corrected chi connectivity index (χ3v) is 15.9. The smallest absolute Gasteiger partial charge is 0.170 e. The minimum Gasteiger partial charge on any atom is -0.308 e. The summed E-state index contributed by atoms with van der Waals surface area (Å²) in [7, 11) is 0. The molecule has 2 aromatic heterocycles. The van der Waals surface area contributed by atoms with Crippen LogP contribution < -0.4 is 0 Å². The molecule has 0 amide bonds. The molecular formula is C54H43NO2. The number of hydrogen-bond acceptors (Lipinski definition) is 2. The maximum atomic E-state index is 14.8. The molecule has 16 rings (SSSR count). The molecule has 0 spiro atoms. The summed E-state index contributed by atoms with van der Waals surface area (Å²) < 4.78 is 2.51. The SMILES string of the molecule is CC(C)(C)c1cc2c3c(c1)CCc1c-3c(c3c4cc5c(cc4n4c6cc7c(cc6c1c34)C1CCC(C7=O)c3ccccc31)C(=O)C1CCC5c3ccccc31)CC2. The van der Waals surface area contributed by atoms with Crippen molar-refractivity contribution in [2.75, 3.05) is 0 Å². The van der Waals surface area contributed by atoms with Crippen molar-refractivity contribution in [2.24, 2.45) is 0 Å². The van der Waals surface area contributed by atoms with Crippen LogP contribution >= 0.6 is 0 Å². The average molecular weight is 738 g/mol. The van der Waals surface area contributed by atoms with Gasteiger partial charge < -0.3 is 4.40 Å². The van der Waals surface area contributed by atoms with Crippen LogP contribution in [0.3, 0.4) is 0 Å². The molecule has 4 bridgehead atoms. The highest BCUT2D eigenvalue weighted by molar-refractivity contribution is 6.29. The standard InChI is InChI=1S/C54H43NO2/c1-54(2,3)28-20-26-12-14-37-48-38(15-13-27(21-28)47(26)48)50-44-23-40-34-17-19-36(32-11-7-5-9-30(32)34)53(57)42(40)25-46(44)55-45-24-41-39(22-43(45)49(37)51(50)55)33-16-18-35(52(41)56)31-10-6-4-8-29(31)33/h4-11,20-25,33-36H,12-19H2,1-3H3. The first-order valence-corrected chi connectivity index (χ1v) is 21.6. The number of hydrogen-bond donors (Lipinski definition) is 0. The second kappa shape index (κ2) is 10.3. The number of carbonyl (C=O) groups excluding carboxylic acids is 2. The van der Waals surface area contributed by atoms with E-state index in [0.717, 1.165) is 73.5 Å². The quantitative estimate of drug-likeness (QED) is 0.155. The predicted octanol–water partition coefficient (Wildman–Crippen LogP) is 12.4. The number of benzene rings is 6. The Balaban J connectivity index is 1.15. The van der Waals surface area contributed by atoms with Gasteiger partial charge >= 0.3 is 0 Å². The number of Topliss-reactive ketones (excluding diaryl/α,β-unsaturated/α-hetero) is 2. The van der Waals surface area contributed by atoms with Gasteiger partial charge in [-0.05, 0) is 153 Å². The molecule has 276 valence electrons. The van der Waals surface area contributed by atoms with Gasteiger partial charge in [-0.15, -0.1) is 0 Å². The zero-order valence-electron chi connectivity index (χ0n) is 32.8. The molecule has 6 aromatic carbocycles. The molecule has 4 unspecified atom stereocenters. The minimum absolute atomic E-state index is 0.0890. The number of fused-ring (bicyclic) bond motifs is 10. The number of aryl methyl sites for hydroxylation is 4.